The summed E-state index contributed by atoms with van der Waals surface area (Å²) < 4.78 is 7.57. The van der Waals surface area contributed by atoms with Crippen molar-refractivity contribution < 1.29 is 1.37 Å². The fraction of sp³-hybridized carbons (Fsp3) is 0.462. The normalized spacial score (nSPS) is 27.6. The zero-order valence-electron chi connectivity index (χ0n) is 11.0. The number of rotatable bonds is 1. The number of nitrogens with one attached hydrogen (secondary N) is 1. The lowest BCUT2D eigenvalue weighted by Crippen LogP contribution is -2.51. The third-order valence-corrected chi connectivity index (χ3v) is 3.88. The van der Waals surface area contributed by atoms with E-state index in [4.69, 9.17) is 1.37 Å². The average Bonchev–Trinajstić information content (AvgIpc) is 2.76. The Morgan fingerprint density at radius 1 is 1.28 bits per heavy atom. The van der Waals surface area contributed by atoms with E-state index in [9.17, 15) is 0 Å². The zero-order chi connectivity index (χ0) is 12.8. The van der Waals surface area contributed by atoms with Crippen molar-refractivity contribution >= 4 is 16.7 Å². The summed E-state index contributed by atoms with van der Waals surface area (Å²) >= 11 is 0. The lowest BCUT2D eigenvalue weighted by molar-refractivity contribution is 0.464. The third kappa shape index (κ3) is 1.54. The van der Waals surface area contributed by atoms with Gasteiger partial charge in [-0.25, -0.2) is 9.97 Å². The number of anilines is 1. The SMILES string of the molecule is [2H]c1cc2ncnc(N3C[C@H]4CC[C@@H](C3)N4)c2cn1. The summed E-state index contributed by atoms with van der Waals surface area (Å²) in [5.41, 5.74) is 0.802. The number of hydrogen-bond acceptors (Lipinski definition) is 5. The second-order valence-electron chi connectivity index (χ2n) is 5.07. The highest BCUT2D eigenvalue weighted by Crippen LogP contribution is 2.27. The van der Waals surface area contributed by atoms with Crippen LogP contribution in [0, 0.1) is 0 Å². The molecule has 2 aromatic rings. The van der Waals surface area contributed by atoms with E-state index in [1.54, 1.807) is 18.6 Å². The molecule has 0 amide bonds. The first-order valence-corrected chi connectivity index (χ1v) is 6.38. The average molecular weight is 242 g/mol. The Morgan fingerprint density at radius 3 is 2.94 bits per heavy atom. The molecule has 92 valence electrons. The van der Waals surface area contributed by atoms with Gasteiger partial charge in [0.15, 0.2) is 0 Å². The first kappa shape index (κ1) is 9.22. The molecule has 0 aliphatic carbocycles. The first-order chi connectivity index (χ1) is 9.29. The molecule has 4 rings (SSSR count). The number of nitrogens with zero attached hydrogens (tertiary/aromatic N) is 4. The van der Waals surface area contributed by atoms with E-state index in [0.717, 1.165) is 29.8 Å². The molecule has 0 radical (unpaired) electrons. The highest BCUT2D eigenvalue weighted by Gasteiger charge is 2.33. The predicted molar refractivity (Wildman–Crippen MR) is 69.5 cm³/mol. The molecule has 0 spiro atoms. The number of aromatic nitrogens is 3. The van der Waals surface area contributed by atoms with E-state index in [1.165, 1.54) is 12.8 Å². The van der Waals surface area contributed by atoms with Crippen LogP contribution in [-0.4, -0.2) is 40.1 Å². The van der Waals surface area contributed by atoms with Crippen molar-refractivity contribution in [3.8, 4) is 0 Å². The molecule has 0 aromatic carbocycles. The Hall–Kier alpha value is -1.75. The molecule has 2 bridgehead atoms. The van der Waals surface area contributed by atoms with Gasteiger partial charge in [-0.1, -0.05) is 0 Å². The predicted octanol–water partition coefficient (Wildman–Crippen LogP) is 0.965. The van der Waals surface area contributed by atoms with Crippen molar-refractivity contribution in [2.45, 2.75) is 24.9 Å². The van der Waals surface area contributed by atoms with Gasteiger partial charge in [0.1, 0.15) is 12.1 Å². The molecule has 4 heterocycles. The van der Waals surface area contributed by atoms with Crippen LogP contribution >= 0.6 is 0 Å². The van der Waals surface area contributed by atoms with Gasteiger partial charge in [0.05, 0.1) is 12.3 Å². The van der Waals surface area contributed by atoms with E-state index >= 15 is 0 Å². The second-order valence-corrected chi connectivity index (χ2v) is 5.07. The minimum atomic E-state index is 0.248. The van der Waals surface area contributed by atoms with Gasteiger partial charge in [0.2, 0.25) is 0 Å². The van der Waals surface area contributed by atoms with Crippen molar-refractivity contribution in [2.75, 3.05) is 18.0 Å². The van der Waals surface area contributed by atoms with E-state index < -0.39 is 0 Å². The molecule has 0 saturated carbocycles. The minimum absolute atomic E-state index is 0.248. The number of fused-ring (bicyclic) bond motifs is 3. The summed E-state index contributed by atoms with van der Waals surface area (Å²) in [6, 6.07) is 2.84. The fourth-order valence-electron chi connectivity index (χ4n) is 3.06. The maximum absolute atomic E-state index is 7.57. The molecule has 2 aromatic heterocycles. The van der Waals surface area contributed by atoms with Crippen molar-refractivity contribution in [1.29, 1.82) is 0 Å². The molecule has 2 saturated heterocycles. The lowest BCUT2D eigenvalue weighted by Gasteiger charge is -2.34. The monoisotopic (exact) mass is 242 g/mol. The van der Waals surface area contributed by atoms with Crippen LogP contribution in [0.1, 0.15) is 14.2 Å². The van der Waals surface area contributed by atoms with Crippen LogP contribution in [0.15, 0.2) is 24.8 Å². The molecule has 0 unspecified atom stereocenters. The van der Waals surface area contributed by atoms with Crippen LogP contribution in [0.25, 0.3) is 10.9 Å². The summed E-state index contributed by atoms with van der Waals surface area (Å²) in [6.07, 6.45) is 6.05. The van der Waals surface area contributed by atoms with E-state index in [0.29, 0.717) is 12.1 Å². The standard InChI is InChI=1S/C13H15N5/c1-2-10-7-18(6-9(1)17-10)13-11-5-14-4-3-12(11)15-8-16-13/h3-5,8-10,17H,1-2,6-7H2/t9-,10+/i4D. The maximum atomic E-state index is 7.57. The quantitative estimate of drug-likeness (QED) is 0.807. The first-order valence-electron chi connectivity index (χ1n) is 6.88. The van der Waals surface area contributed by atoms with Gasteiger partial charge in [0.25, 0.3) is 0 Å². The molecule has 1 N–H and O–H groups in total. The van der Waals surface area contributed by atoms with Gasteiger partial charge in [0, 0.05) is 37.5 Å². The Labute approximate surface area is 107 Å². The largest absolute Gasteiger partial charge is 0.353 e. The van der Waals surface area contributed by atoms with Gasteiger partial charge in [-0.2, -0.15) is 0 Å². The Morgan fingerprint density at radius 2 is 2.11 bits per heavy atom. The summed E-state index contributed by atoms with van der Waals surface area (Å²) in [6.45, 7) is 1.98. The molecule has 18 heavy (non-hydrogen) atoms. The topological polar surface area (TPSA) is 53.9 Å². The Balaban J connectivity index is 1.78. The second kappa shape index (κ2) is 3.88. The molecule has 5 nitrogen and oxygen atoms in total. The van der Waals surface area contributed by atoms with Crippen LogP contribution in [0.4, 0.5) is 5.82 Å². The summed E-state index contributed by atoms with van der Waals surface area (Å²) in [4.78, 5) is 15.1. The van der Waals surface area contributed by atoms with E-state index in [2.05, 4.69) is 25.2 Å². The molecule has 2 atom stereocenters. The van der Waals surface area contributed by atoms with Gasteiger partial charge in [-0.15, -0.1) is 0 Å². The molecule has 2 aliphatic rings. The van der Waals surface area contributed by atoms with Crippen molar-refractivity contribution in [3.05, 3.63) is 24.8 Å². The number of pyridine rings is 1. The van der Waals surface area contributed by atoms with Crippen molar-refractivity contribution in [1.82, 2.24) is 20.3 Å². The van der Waals surface area contributed by atoms with Gasteiger partial charge in [-0.3, -0.25) is 4.98 Å². The van der Waals surface area contributed by atoms with Gasteiger partial charge >= 0.3 is 0 Å². The molecule has 2 aliphatic heterocycles. The minimum Gasteiger partial charge on any atom is -0.353 e. The molecular weight excluding hydrogens is 226 g/mol. The summed E-state index contributed by atoms with van der Waals surface area (Å²) in [5, 5.41) is 4.56. The van der Waals surface area contributed by atoms with Crippen LogP contribution in [0.5, 0.6) is 0 Å². The van der Waals surface area contributed by atoms with E-state index in [1.807, 2.05) is 0 Å². The van der Waals surface area contributed by atoms with Crippen LogP contribution in [0.3, 0.4) is 0 Å². The molecule has 2 fully saturated rings. The third-order valence-electron chi connectivity index (χ3n) is 3.88. The van der Waals surface area contributed by atoms with E-state index in [-0.39, 0.29) is 6.17 Å². The Bertz CT molecular complexity index is 619. The highest BCUT2D eigenvalue weighted by atomic mass is 15.3. The zero-order valence-corrected chi connectivity index (χ0v) is 10.0. The highest BCUT2D eigenvalue weighted by molar-refractivity contribution is 5.88. The van der Waals surface area contributed by atoms with Crippen LogP contribution < -0.4 is 10.2 Å². The van der Waals surface area contributed by atoms with Crippen molar-refractivity contribution in [2.24, 2.45) is 0 Å². The summed E-state index contributed by atoms with van der Waals surface area (Å²) in [7, 11) is 0. The number of hydrogen-bond donors (Lipinski definition) is 1. The Kier molecular flexibility index (Phi) is 1.99. The fourth-order valence-corrected chi connectivity index (χ4v) is 3.06. The smallest absolute Gasteiger partial charge is 0.141 e. The summed E-state index contributed by atoms with van der Waals surface area (Å²) in [5.74, 6) is 0.955. The van der Waals surface area contributed by atoms with Gasteiger partial charge in [-0.05, 0) is 18.9 Å². The lowest BCUT2D eigenvalue weighted by atomic mass is 10.2. The van der Waals surface area contributed by atoms with Crippen LogP contribution in [0.2, 0.25) is 0 Å². The van der Waals surface area contributed by atoms with Crippen LogP contribution in [-0.2, 0) is 0 Å². The molecule has 5 heteroatoms. The van der Waals surface area contributed by atoms with Gasteiger partial charge < -0.3 is 10.2 Å². The number of piperazine rings is 1. The van der Waals surface area contributed by atoms with Crippen molar-refractivity contribution in [3.63, 3.8) is 0 Å². The molecular formula is C13H15N5. The maximum Gasteiger partial charge on any atom is 0.141 e.